The van der Waals surface area contributed by atoms with Gasteiger partial charge in [-0.3, -0.25) is 0 Å². The molecule has 1 saturated heterocycles. The molecule has 0 atom stereocenters. The number of thiophene rings is 1. The van der Waals surface area contributed by atoms with E-state index < -0.39 is 14.6 Å². The molecule has 0 aromatic carbocycles. The molecule has 0 saturated carbocycles. The molecule has 0 aliphatic carbocycles. The van der Waals surface area contributed by atoms with E-state index in [9.17, 15) is 8.42 Å². The van der Waals surface area contributed by atoms with Crippen LogP contribution in [0.2, 0.25) is 4.34 Å². The Hall–Kier alpha value is -0.610. The Kier molecular flexibility index (Phi) is 2.51. The van der Waals surface area contributed by atoms with Crippen LogP contribution in [0.5, 0.6) is 0 Å². The third-order valence-corrected chi connectivity index (χ3v) is 6.16. The van der Waals surface area contributed by atoms with Gasteiger partial charge in [-0.05, 0) is 12.1 Å². The Morgan fingerprint density at radius 3 is 2.53 bits per heavy atom. The summed E-state index contributed by atoms with van der Waals surface area (Å²) in [5.74, 6) is 0. The van der Waals surface area contributed by atoms with Crippen LogP contribution < -0.4 is 0 Å². The molecule has 0 bridgehead atoms. The smallest absolute Gasteiger partial charge is 0.211 e. The number of nitrogens with zero attached hydrogens (tertiary/aromatic N) is 1. The fourth-order valence-corrected chi connectivity index (χ4v) is 4.53. The summed E-state index contributed by atoms with van der Waals surface area (Å²) in [6.45, 7) is -0.136. The molecule has 80 valence electrons. The maximum absolute atomic E-state index is 12.0. The first-order valence-corrected chi connectivity index (χ1v) is 6.69. The normalized spacial score (nSPS) is 19.2. The first kappa shape index (κ1) is 10.9. The van der Waals surface area contributed by atoms with Crippen molar-refractivity contribution >= 4 is 32.8 Å². The quantitative estimate of drug-likeness (QED) is 0.810. The zero-order valence-corrected chi connectivity index (χ0v) is 9.82. The topological polar surface area (TPSA) is 67.2 Å². The minimum absolute atomic E-state index is 0.0681. The number of nitriles is 1. The Balaban J connectivity index is 2.49. The summed E-state index contributed by atoms with van der Waals surface area (Å²) in [4.78, 5) is 0. The fourth-order valence-electron chi connectivity index (χ4n) is 1.20. The summed E-state index contributed by atoms with van der Waals surface area (Å²) in [5.41, 5.74) is 0. The molecule has 1 aliphatic rings. The zero-order chi connectivity index (χ0) is 11.1. The van der Waals surface area contributed by atoms with E-state index in [0.29, 0.717) is 4.34 Å². The minimum Gasteiger partial charge on any atom is -0.376 e. The summed E-state index contributed by atoms with van der Waals surface area (Å²) < 4.78 is 28.0. The van der Waals surface area contributed by atoms with Crippen LogP contribution in [-0.2, 0) is 14.6 Å². The van der Waals surface area contributed by atoms with Crippen molar-refractivity contribution in [2.75, 3.05) is 13.2 Å². The van der Waals surface area contributed by atoms with Crippen molar-refractivity contribution in [3.63, 3.8) is 0 Å². The lowest BCUT2D eigenvalue weighted by Crippen LogP contribution is -2.54. The molecule has 1 aromatic rings. The maximum atomic E-state index is 12.0. The Morgan fingerprint density at radius 1 is 1.53 bits per heavy atom. The number of ether oxygens (including phenoxy) is 1. The second-order valence-corrected chi connectivity index (χ2v) is 7.36. The molecule has 15 heavy (non-hydrogen) atoms. The second kappa shape index (κ2) is 3.46. The van der Waals surface area contributed by atoms with Crippen molar-refractivity contribution in [1.29, 1.82) is 5.26 Å². The van der Waals surface area contributed by atoms with Gasteiger partial charge in [0.15, 0.2) is 0 Å². The molecule has 1 aromatic heterocycles. The lowest BCUT2D eigenvalue weighted by atomic mass is 10.1. The first-order chi connectivity index (χ1) is 7.02. The molecule has 4 nitrogen and oxygen atoms in total. The Morgan fingerprint density at radius 2 is 2.20 bits per heavy atom. The molecule has 1 fully saturated rings. The largest absolute Gasteiger partial charge is 0.376 e. The van der Waals surface area contributed by atoms with Crippen molar-refractivity contribution in [3.05, 3.63) is 16.5 Å². The number of hydrogen-bond acceptors (Lipinski definition) is 5. The average Bonchev–Trinajstić information content (AvgIpc) is 2.50. The molecule has 0 N–H and O–H groups in total. The highest BCUT2D eigenvalue weighted by Crippen LogP contribution is 2.36. The molecule has 0 unspecified atom stereocenters. The van der Waals surface area contributed by atoms with Crippen LogP contribution in [0.15, 0.2) is 16.3 Å². The number of sulfone groups is 1. The highest BCUT2D eigenvalue weighted by atomic mass is 35.5. The third-order valence-electron chi connectivity index (χ3n) is 2.20. The van der Waals surface area contributed by atoms with E-state index >= 15 is 0 Å². The molecule has 2 rings (SSSR count). The molecule has 7 heteroatoms. The molecule has 2 heterocycles. The van der Waals surface area contributed by atoms with E-state index in [1.807, 2.05) is 6.07 Å². The van der Waals surface area contributed by atoms with Gasteiger partial charge in [-0.2, -0.15) is 5.26 Å². The third kappa shape index (κ3) is 1.47. The van der Waals surface area contributed by atoms with Gasteiger partial charge in [-0.25, -0.2) is 8.42 Å². The Labute approximate surface area is 96.0 Å². The van der Waals surface area contributed by atoms with Gasteiger partial charge in [0, 0.05) is 0 Å². The second-order valence-electron chi connectivity index (χ2n) is 3.16. The summed E-state index contributed by atoms with van der Waals surface area (Å²) in [6, 6.07) is 4.73. The van der Waals surface area contributed by atoms with Gasteiger partial charge < -0.3 is 4.74 Å². The van der Waals surface area contributed by atoms with Gasteiger partial charge in [-0.1, -0.05) is 11.6 Å². The van der Waals surface area contributed by atoms with Crippen molar-refractivity contribution in [3.8, 4) is 6.07 Å². The summed E-state index contributed by atoms with van der Waals surface area (Å²) >= 11 is 6.62. The van der Waals surface area contributed by atoms with Crippen LogP contribution in [0.3, 0.4) is 0 Å². The molecule has 0 spiro atoms. The van der Waals surface area contributed by atoms with Crippen molar-refractivity contribution < 1.29 is 13.2 Å². The minimum atomic E-state index is -3.65. The summed E-state index contributed by atoms with van der Waals surface area (Å²) in [6.07, 6.45) is 0. The highest BCUT2D eigenvalue weighted by molar-refractivity contribution is 7.95. The Bertz CT molecular complexity index is 524. The van der Waals surface area contributed by atoms with Crippen molar-refractivity contribution in [1.82, 2.24) is 0 Å². The summed E-state index contributed by atoms with van der Waals surface area (Å²) in [5, 5.41) is 8.90. The molecule has 1 aliphatic heterocycles. The van der Waals surface area contributed by atoms with E-state index in [-0.39, 0.29) is 17.4 Å². The number of hydrogen-bond donors (Lipinski definition) is 0. The van der Waals surface area contributed by atoms with Crippen molar-refractivity contribution in [2.45, 2.75) is 8.96 Å². The average molecular weight is 264 g/mol. The number of rotatable bonds is 2. The molecular formula is C8H6ClNO3S2. The van der Waals surface area contributed by atoms with Gasteiger partial charge in [-0.15, -0.1) is 11.3 Å². The van der Waals surface area contributed by atoms with Crippen LogP contribution in [0.1, 0.15) is 0 Å². The van der Waals surface area contributed by atoms with Crippen LogP contribution in [0, 0.1) is 11.3 Å². The standard InChI is InChI=1S/C8H6ClNO3S2/c9-6-1-2-7(14-6)15(11,12)8(3-10)4-13-5-8/h1-2H,4-5H2. The fraction of sp³-hybridized carbons (Fsp3) is 0.375. The molecule has 0 amide bonds. The predicted molar refractivity (Wildman–Crippen MR) is 55.7 cm³/mol. The zero-order valence-electron chi connectivity index (χ0n) is 7.44. The van der Waals surface area contributed by atoms with E-state index in [4.69, 9.17) is 21.6 Å². The number of halogens is 1. The van der Waals surface area contributed by atoms with Crippen molar-refractivity contribution in [2.24, 2.45) is 0 Å². The van der Waals surface area contributed by atoms with Crippen LogP contribution in [0.25, 0.3) is 0 Å². The van der Waals surface area contributed by atoms with E-state index in [1.54, 1.807) is 0 Å². The van der Waals surface area contributed by atoms with Gasteiger partial charge in [0.2, 0.25) is 14.6 Å². The maximum Gasteiger partial charge on any atom is 0.211 e. The van der Waals surface area contributed by atoms with Crippen LogP contribution in [0.4, 0.5) is 0 Å². The van der Waals surface area contributed by atoms with E-state index in [0.717, 1.165) is 11.3 Å². The van der Waals surface area contributed by atoms with E-state index in [1.165, 1.54) is 12.1 Å². The molecular weight excluding hydrogens is 258 g/mol. The van der Waals surface area contributed by atoms with Crippen LogP contribution in [-0.4, -0.2) is 26.4 Å². The van der Waals surface area contributed by atoms with Gasteiger partial charge >= 0.3 is 0 Å². The lowest BCUT2D eigenvalue weighted by Gasteiger charge is -2.33. The first-order valence-electron chi connectivity index (χ1n) is 4.01. The highest BCUT2D eigenvalue weighted by Gasteiger charge is 2.52. The molecule has 0 radical (unpaired) electrons. The van der Waals surface area contributed by atoms with Crippen LogP contribution >= 0.6 is 22.9 Å². The summed E-state index contributed by atoms with van der Waals surface area (Å²) in [7, 11) is -3.65. The van der Waals surface area contributed by atoms with E-state index in [2.05, 4.69) is 0 Å². The lowest BCUT2D eigenvalue weighted by molar-refractivity contribution is 0.0116. The van der Waals surface area contributed by atoms with Gasteiger partial charge in [0.05, 0.1) is 23.6 Å². The van der Waals surface area contributed by atoms with Gasteiger partial charge in [0.1, 0.15) is 4.21 Å². The SMILES string of the molecule is N#CC1(S(=O)(=O)c2ccc(Cl)s2)COC1. The monoisotopic (exact) mass is 263 g/mol. The van der Waals surface area contributed by atoms with Gasteiger partial charge in [0.25, 0.3) is 0 Å². The predicted octanol–water partition coefficient (Wildman–Crippen LogP) is 1.47.